The highest BCUT2D eigenvalue weighted by molar-refractivity contribution is 7.46. The maximum atomic E-state index is 12.2. The second-order valence-electron chi connectivity index (χ2n) is 11.4. The second-order valence-corrected chi connectivity index (χ2v) is 12.6. The van der Waals surface area contributed by atoms with Gasteiger partial charge in [0.05, 0.1) is 6.61 Å². The molecule has 0 aliphatic rings. The molecular formula is C29H57O8P. The molecular weight excluding hydrogens is 507 g/mol. The summed E-state index contributed by atoms with van der Waals surface area (Å²) in [6.07, 6.45) is 17.3. The van der Waals surface area contributed by atoms with Crippen LogP contribution >= 0.6 is 7.82 Å². The molecule has 0 aromatic heterocycles. The van der Waals surface area contributed by atoms with Crippen LogP contribution < -0.4 is 0 Å². The smallest absolute Gasteiger partial charge is 0.462 e. The van der Waals surface area contributed by atoms with E-state index < -0.39 is 32.5 Å². The third-order valence-electron chi connectivity index (χ3n) is 6.48. The van der Waals surface area contributed by atoms with E-state index in [1.165, 1.54) is 57.8 Å². The van der Waals surface area contributed by atoms with E-state index in [2.05, 4.69) is 32.2 Å². The summed E-state index contributed by atoms with van der Waals surface area (Å²) in [6, 6.07) is 0. The average molecular weight is 565 g/mol. The summed E-state index contributed by atoms with van der Waals surface area (Å²) < 4.78 is 26.1. The summed E-state index contributed by atoms with van der Waals surface area (Å²) in [5, 5.41) is 0. The van der Waals surface area contributed by atoms with Crippen molar-refractivity contribution in [3.8, 4) is 0 Å². The molecule has 0 rings (SSSR count). The minimum atomic E-state index is -4.73. The monoisotopic (exact) mass is 564 g/mol. The van der Waals surface area contributed by atoms with Gasteiger partial charge in [-0.25, -0.2) is 4.57 Å². The number of ether oxygens (including phenoxy) is 2. The fourth-order valence-electron chi connectivity index (χ4n) is 4.21. The Morgan fingerprint density at radius 3 is 1.42 bits per heavy atom. The van der Waals surface area contributed by atoms with Gasteiger partial charge in [-0.05, 0) is 24.7 Å². The second kappa shape index (κ2) is 23.9. The van der Waals surface area contributed by atoms with Crippen LogP contribution in [0.25, 0.3) is 0 Å². The van der Waals surface area contributed by atoms with Crippen LogP contribution in [-0.4, -0.2) is 41.0 Å². The Bertz CT molecular complexity index is 632. The molecule has 0 radical (unpaired) electrons. The maximum Gasteiger partial charge on any atom is 0.469 e. The molecule has 0 saturated carbocycles. The van der Waals surface area contributed by atoms with Crippen molar-refractivity contribution in [1.29, 1.82) is 0 Å². The van der Waals surface area contributed by atoms with Crippen molar-refractivity contribution in [2.24, 2.45) is 11.8 Å². The van der Waals surface area contributed by atoms with Crippen molar-refractivity contribution in [2.45, 2.75) is 149 Å². The molecule has 8 nitrogen and oxygen atoms in total. The van der Waals surface area contributed by atoms with Crippen LogP contribution in [0.4, 0.5) is 0 Å². The van der Waals surface area contributed by atoms with Crippen LogP contribution in [0.3, 0.4) is 0 Å². The number of carbonyl (C=O) groups excluding carboxylic acids is 2. The quantitative estimate of drug-likeness (QED) is 0.0618. The maximum absolute atomic E-state index is 12.2. The van der Waals surface area contributed by atoms with Crippen LogP contribution in [0.15, 0.2) is 0 Å². The minimum Gasteiger partial charge on any atom is -0.462 e. The summed E-state index contributed by atoms with van der Waals surface area (Å²) in [6.45, 7) is 8.15. The Balaban J connectivity index is 4.07. The predicted molar refractivity (Wildman–Crippen MR) is 152 cm³/mol. The topological polar surface area (TPSA) is 119 Å². The van der Waals surface area contributed by atoms with Gasteiger partial charge in [0.1, 0.15) is 6.61 Å². The molecule has 0 aliphatic carbocycles. The molecule has 0 amide bonds. The van der Waals surface area contributed by atoms with Crippen LogP contribution in [0, 0.1) is 11.8 Å². The van der Waals surface area contributed by atoms with Gasteiger partial charge >= 0.3 is 19.8 Å². The molecule has 0 saturated heterocycles. The summed E-state index contributed by atoms with van der Waals surface area (Å²) in [4.78, 5) is 42.3. The summed E-state index contributed by atoms with van der Waals surface area (Å²) in [5.41, 5.74) is 0. The molecule has 2 N–H and O–H groups in total. The standard InChI is InChI=1S/C29H57O8P/c1-25(2)19-15-11-7-5-6-8-13-17-21-28(30)35-23-27(24-36-38(32,33)34)37-29(31)22-18-14-10-9-12-16-20-26(3)4/h25-27H,5-24H2,1-4H3,(H2,32,33,34)/t27-/m1/s1. The van der Waals surface area contributed by atoms with Gasteiger partial charge in [-0.1, -0.05) is 118 Å². The number of rotatable bonds is 26. The van der Waals surface area contributed by atoms with Crippen LogP contribution in [0.1, 0.15) is 143 Å². The van der Waals surface area contributed by atoms with E-state index in [9.17, 15) is 14.2 Å². The van der Waals surface area contributed by atoms with Crippen molar-refractivity contribution in [2.75, 3.05) is 13.2 Å². The SMILES string of the molecule is CC(C)CCCCCCCCCCC(=O)OC[C@H](COP(=O)(O)O)OC(=O)CCCCCCCCC(C)C. The fourth-order valence-corrected chi connectivity index (χ4v) is 4.57. The first kappa shape index (κ1) is 37.0. The van der Waals surface area contributed by atoms with E-state index >= 15 is 0 Å². The zero-order chi connectivity index (χ0) is 28.7. The van der Waals surface area contributed by atoms with E-state index in [0.29, 0.717) is 6.42 Å². The normalized spacial score (nSPS) is 12.7. The molecule has 0 heterocycles. The number of esters is 2. The molecule has 9 heteroatoms. The Kier molecular flexibility index (Phi) is 23.3. The molecule has 0 bridgehead atoms. The number of hydrogen-bond acceptors (Lipinski definition) is 6. The van der Waals surface area contributed by atoms with Crippen molar-refractivity contribution < 1.29 is 37.9 Å². The largest absolute Gasteiger partial charge is 0.469 e. The molecule has 0 aromatic rings. The highest BCUT2D eigenvalue weighted by Crippen LogP contribution is 2.35. The van der Waals surface area contributed by atoms with Gasteiger partial charge in [0.25, 0.3) is 0 Å². The Labute approximate surface area is 232 Å². The Morgan fingerprint density at radius 2 is 1.00 bits per heavy atom. The van der Waals surface area contributed by atoms with Gasteiger partial charge in [-0.3, -0.25) is 14.1 Å². The third kappa shape index (κ3) is 28.1. The summed E-state index contributed by atoms with van der Waals surface area (Å²) in [5.74, 6) is 0.618. The fraction of sp³-hybridized carbons (Fsp3) is 0.931. The Morgan fingerprint density at radius 1 is 0.605 bits per heavy atom. The number of carbonyl (C=O) groups is 2. The lowest BCUT2D eigenvalue weighted by Crippen LogP contribution is -2.29. The first-order chi connectivity index (χ1) is 18.0. The number of phosphoric ester groups is 1. The molecule has 0 spiro atoms. The van der Waals surface area contributed by atoms with Gasteiger partial charge in [-0.15, -0.1) is 0 Å². The van der Waals surface area contributed by atoms with Gasteiger partial charge < -0.3 is 19.3 Å². The van der Waals surface area contributed by atoms with Crippen LogP contribution in [-0.2, 0) is 28.2 Å². The van der Waals surface area contributed by atoms with E-state index in [1.54, 1.807) is 0 Å². The van der Waals surface area contributed by atoms with Gasteiger partial charge in [0, 0.05) is 12.8 Å². The van der Waals surface area contributed by atoms with E-state index in [1.807, 2.05) is 0 Å². The van der Waals surface area contributed by atoms with E-state index in [4.69, 9.17) is 19.3 Å². The number of phosphoric acid groups is 1. The number of unbranched alkanes of at least 4 members (excludes halogenated alkanes) is 12. The highest BCUT2D eigenvalue weighted by Gasteiger charge is 2.22. The van der Waals surface area contributed by atoms with Crippen LogP contribution in [0.2, 0.25) is 0 Å². The number of hydrogen-bond donors (Lipinski definition) is 2. The predicted octanol–water partition coefficient (Wildman–Crippen LogP) is 7.88. The molecule has 0 aromatic carbocycles. The van der Waals surface area contributed by atoms with Crippen molar-refractivity contribution in [1.82, 2.24) is 0 Å². The van der Waals surface area contributed by atoms with Crippen molar-refractivity contribution >= 4 is 19.8 Å². The van der Waals surface area contributed by atoms with Gasteiger partial charge in [0.15, 0.2) is 6.10 Å². The minimum absolute atomic E-state index is 0.212. The first-order valence-corrected chi connectivity index (χ1v) is 16.6. The van der Waals surface area contributed by atoms with E-state index in [-0.39, 0.29) is 19.4 Å². The highest BCUT2D eigenvalue weighted by atomic mass is 31.2. The average Bonchev–Trinajstić information content (AvgIpc) is 2.82. The third-order valence-corrected chi connectivity index (χ3v) is 6.97. The molecule has 0 unspecified atom stereocenters. The summed E-state index contributed by atoms with van der Waals surface area (Å²) >= 11 is 0. The lowest BCUT2D eigenvalue weighted by atomic mass is 10.0. The zero-order valence-corrected chi connectivity index (χ0v) is 25.6. The van der Waals surface area contributed by atoms with Crippen LogP contribution in [0.5, 0.6) is 0 Å². The summed E-state index contributed by atoms with van der Waals surface area (Å²) in [7, 11) is -4.73. The molecule has 1 atom stereocenters. The van der Waals surface area contributed by atoms with E-state index in [0.717, 1.165) is 50.4 Å². The van der Waals surface area contributed by atoms with Gasteiger partial charge in [0.2, 0.25) is 0 Å². The first-order valence-electron chi connectivity index (χ1n) is 15.0. The van der Waals surface area contributed by atoms with Crippen molar-refractivity contribution in [3.63, 3.8) is 0 Å². The van der Waals surface area contributed by atoms with Crippen molar-refractivity contribution in [3.05, 3.63) is 0 Å². The Hall–Kier alpha value is -0.950. The lowest BCUT2D eigenvalue weighted by Gasteiger charge is -2.18. The molecule has 0 fully saturated rings. The van der Waals surface area contributed by atoms with Gasteiger partial charge in [-0.2, -0.15) is 0 Å². The zero-order valence-electron chi connectivity index (χ0n) is 24.7. The molecule has 226 valence electrons. The molecule has 0 aliphatic heterocycles. The lowest BCUT2D eigenvalue weighted by molar-refractivity contribution is -0.161. The molecule has 38 heavy (non-hydrogen) atoms.